The molecule has 3 aromatic carbocycles. The van der Waals surface area contributed by atoms with Gasteiger partial charge in [-0.1, -0.05) is 55.0 Å². The lowest BCUT2D eigenvalue weighted by molar-refractivity contribution is -0.252. The van der Waals surface area contributed by atoms with Crippen LogP contribution >= 0.6 is 0 Å². The molecule has 10 nitrogen and oxygen atoms in total. The topological polar surface area (TPSA) is 141 Å². The fourth-order valence-corrected chi connectivity index (χ4v) is 5.43. The molecule has 2 amide bonds. The number of benzene rings is 3. The third-order valence-electron chi connectivity index (χ3n) is 7.77. The van der Waals surface area contributed by atoms with Gasteiger partial charge in [-0.2, -0.15) is 0 Å². The highest BCUT2D eigenvalue weighted by molar-refractivity contribution is 5.90. The Morgan fingerprint density at radius 3 is 2.49 bits per heavy atom. The second kappa shape index (κ2) is 17.0. The van der Waals surface area contributed by atoms with Crippen molar-refractivity contribution in [3.8, 4) is 5.75 Å². The number of ether oxygens (including phenoxy) is 2. The van der Waals surface area contributed by atoms with Gasteiger partial charge in [-0.15, -0.1) is 0 Å². The zero-order valence-electron chi connectivity index (χ0n) is 26.0. The van der Waals surface area contributed by atoms with Gasteiger partial charge in [0.25, 0.3) is 0 Å². The molecule has 242 valence electrons. The lowest BCUT2D eigenvalue weighted by Crippen LogP contribution is -2.39. The van der Waals surface area contributed by atoms with Gasteiger partial charge in [0.15, 0.2) is 6.29 Å². The van der Waals surface area contributed by atoms with E-state index in [1.807, 2.05) is 60.5 Å². The van der Waals surface area contributed by atoms with E-state index in [2.05, 4.69) is 10.6 Å². The smallest absolute Gasteiger partial charge is 0.224 e. The lowest BCUT2D eigenvalue weighted by atomic mass is 9.99. The summed E-state index contributed by atoms with van der Waals surface area (Å²) in [6.45, 7) is 2.94. The number of rotatable bonds is 15. The quantitative estimate of drug-likeness (QED) is 0.154. The zero-order chi connectivity index (χ0) is 32.2. The Morgan fingerprint density at radius 1 is 0.978 bits per heavy atom. The highest BCUT2D eigenvalue weighted by Gasteiger charge is 2.33. The van der Waals surface area contributed by atoms with Crippen LogP contribution in [0.15, 0.2) is 72.8 Å². The first-order chi connectivity index (χ1) is 21.7. The number of unbranched alkanes of at least 4 members (excludes halogenated alkanes) is 2. The molecule has 10 heteroatoms. The molecular formula is C35H45N3O7. The summed E-state index contributed by atoms with van der Waals surface area (Å²) in [7, 11) is 1.92. The third-order valence-corrected chi connectivity index (χ3v) is 7.77. The molecule has 1 fully saturated rings. The Kier molecular flexibility index (Phi) is 12.9. The summed E-state index contributed by atoms with van der Waals surface area (Å²) in [6, 6.07) is 21.8. The Balaban J connectivity index is 1.41. The molecule has 0 unspecified atom stereocenters. The van der Waals surface area contributed by atoms with E-state index in [1.165, 1.54) is 6.92 Å². The molecule has 3 aromatic rings. The number of phenolic OH excluding ortho intramolecular Hbond substituents is 1. The highest BCUT2D eigenvalue weighted by Crippen LogP contribution is 2.38. The molecule has 0 radical (unpaired) electrons. The van der Waals surface area contributed by atoms with Crippen LogP contribution in [0.2, 0.25) is 0 Å². The molecule has 0 bridgehead atoms. The van der Waals surface area contributed by atoms with Crippen molar-refractivity contribution >= 4 is 17.5 Å². The molecule has 0 aliphatic carbocycles. The number of aliphatic hydroxyl groups is 2. The van der Waals surface area contributed by atoms with Crippen LogP contribution in [0.5, 0.6) is 5.75 Å². The average molecular weight is 620 g/mol. The van der Waals surface area contributed by atoms with Crippen molar-refractivity contribution in [1.82, 2.24) is 10.2 Å². The Morgan fingerprint density at radius 2 is 1.76 bits per heavy atom. The summed E-state index contributed by atoms with van der Waals surface area (Å²) in [5, 5.41) is 35.8. The molecule has 0 aromatic heterocycles. The van der Waals surface area contributed by atoms with Crippen molar-refractivity contribution in [3.63, 3.8) is 0 Å². The van der Waals surface area contributed by atoms with Crippen LogP contribution in [-0.4, -0.2) is 64.8 Å². The summed E-state index contributed by atoms with van der Waals surface area (Å²) in [4.78, 5) is 25.6. The summed E-state index contributed by atoms with van der Waals surface area (Å²) < 4.78 is 12.9. The van der Waals surface area contributed by atoms with Crippen LogP contribution in [0.4, 0.5) is 5.69 Å². The van der Waals surface area contributed by atoms with Gasteiger partial charge in [0.2, 0.25) is 11.8 Å². The predicted octanol–water partition coefficient (Wildman–Crippen LogP) is 4.73. The first-order valence-corrected chi connectivity index (χ1v) is 15.5. The van der Waals surface area contributed by atoms with E-state index in [9.17, 15) is 24.9 Å². The first-order valence-electron chi connectivity index (χ1n) is 15.5. The lowest BCUT2D eigenvalue weighted by Gasteiger charge is -2.38. The van der Waals surface area contributed by atoms with Gasteiger partial charge in [0.05, 0.1) is 24.9 Å². The van der Waals surface area contributed by atoms with Crippen molar-refractivity contribution in [2.24, 2.45) is 0 Å². The average Bonchev–Trinajstić information content (AvgIpc) is 3.02. The number of anilines is 1. The van der Waals surface area contributed by atoms with E-state index in [4.69, 9.17) is 9.47 Å². The molecule has 0 saturated carbocycles. The summed E-state index contributed by atoms with van der Waals surface area (Å²) in [6.07, 6.45) is 1.39. The number of aromatic hydroxyl groups is 1. The van der Waals surface area contributed by atoms with E-state index in [1.54, 1.807) is 24.3 Å². The largest absolute Gasteiger partial charge is 0.508 e. The molecule has 1 aliphatic rings. The van der Waals surface area contributed by atoms with Gasteiger partial charge in [0.1, 0.15) is 5.75 Å². The van der Waals surface area contributed by atoms with Crippen LogP contribution in [0.25, 0.3) is 0 Å². The summed E-state index contributed by atoms with van der Waals surface area (Å²) >= 11 is 0. The van der Waals surface area contributed by atoms with Crippen molar-refractivity contribution in [2.75, 3.05) is 32.0 Å². The number of carbonyl (C=O) groups is 2. The minimum Gasteiger partial charge on any atom is -0.508 e. The maximum absolute atomic E-state index is 12.6. The number of phenols is 1. The zero-order valence-corrected chi connectivity index (χ0v) is 26.0. The molecule has 0 spiro atoms. The van der Waals surface area contributed by atoms with Gasteiger partial charge in [-0.3, -0.25) is 9.59 Å². The second-order valence-corrected chi connectivity index (χ2v) is 11.6. The number of hydrogen-bond acceptors (Lipinski definition) is 8. The maximum Gasteiger partial charge on any atom is 0.224 e. The third kappa shape index (κ3) is 10.9. The second-order valence-electron chi connectivity index (χ2n) is 11.6. The van der Waals surface area contributed by atoms with Gasteiger partial charge in [-0.05, 0) is 60.8 Å². The van der Waals surface area contributed by atoms with Crippen molar-refractivity contribution in [3.05, 3.63) is 95.1 Å². The van der Waals surface area contributed by atoms with Gasteiger partial charge >= 0.3 is 0 Å². The van der Waals surface area contributed by atoms with Crippen LogP contribution in [0, 0.1) is 0 Å². The number of amides is 2. The number of hydrogen-bond donors (Lipinski definition) is 5. The Labute approximate surface area is 265 Å². The Bertz CT molecular complexity index is 1380. The number of nitrogens with one attached hydrogen (secondary N) is 2. The van der Waals surface area contributed by atoms with E-state index in [0.717, 1.165) is 36.0 Å². The molecule has 5 N–H and O–H groups in total. The van der Waals surface area contributed by atoms with Gasteiger partial charge in [0, 0.05) is 50.7 Å². The van der Waals surface area contributed by atoms with E-state index in [0.29, 0.717) is 43.7 Å². The standard InChI is InChI=1S/C35H45N3O7/c1-24(40)36-17-5-3-4-12-34(43)37-29-10-6-9-28(18-29)35-44-31(20-33(45-35)26-15-13-25(23-39)14-16-26)21-38(2)22-32(42)27-8-7-11-30(41)19-27/h6-11,13-16,18-19,31-33,35,39,41-42H,3-5,12,17,20-23H2,1-2H3,(H,36,40)(H,37,43)/t31-,32+,33+,35+/m0/s1. The molecule has 1 aliphatic heterocycles. The summed E-state index contributed by atoms with van der Waals surface area (Å²) in [5.74, 6) is -0.0210. The Hall–Kier alpha value is -3.80. The molecule has 1 heterocycles. The van der Waals surface area contributed by atoms with E-state index < -0.39 is 12.4 Å². The van der Waals surface area contributed by atoms with Crippen LogP contribution in [0.1, 0.15) is 79.8 Å². The fraction of sp³-hybridized carbons (Fsp3) is 0.429. The summed E-state index contributed by atoms with van der Waals surface area (Å²) in [5.41, 5.74) is 3.84. The molecule has 1 saturated heterocycles. The predicted molar refractivity (Wildman–Crippen MR) is 171 cm³/mol. The minimum absolute atomic E-state index is 0.0396. The van der Waals surface area contributed by atoms with Crippen LogP contribution < -0.4 is 10.6 Å². The number of carbonyl (C=O) groups excluding carboxylic acids is 2. The first kappa shape index (κ1) is 34.1. The fourth-order valence-electron chi connectivity index (χ4n) is 5.43. The SMILES string of the molecule is CC(=O)NCCCCCC(=O)Nc1cccc([C@@H]2O[C@H](CN(C)C[C@@H](O)c3cccc(O)c3)C[C@H](c3ccc(CO)cc3)O2)c1. The van der Waals surface area contributed by atoms with E-state index >= 15 is 0 Å². The number of nitrogens with zero attached hydrogens (tertiary/aromatic N) is 1. The normalized spacial score (nSPS) is 18.8. The monoisotopic (exact) mass is 619 g/mol. The number of likely N-dealkylation sites (N-methyl/N-ethyl adjacent to an activating group) is 1. The van der Waals surface area contributed by atoms with Gasteiger partial charge in [-0.25, -0.2) is 0 Å². The van der Waals surface area contributed by atoms with E-state index in [-0.39, 0.29) is 36.4 Å². The molecular weight excluding hydrogens is 574 g/mol. The maximum atomic E-state index is 12.6. The number of aliphatic hydroxyl groups excluding tert-OH is 2. The molecule has 45 heavy (non-hydrogen) atoms. The van der Waals surface area contributed by atoms with Crippen LogP contribution in [-0.2, 0) is 25.7 Å². The van der Waals surface area contributed by atoms with Gasteiger partial charge < -0.3 is 40.3 Å². The van der Waals surface area contributed by atoms with Crippen molar-refractivity contribution in [1.29, 1.82) is 0 Å². The van der Waals surface area contributed by atoms with Crippen molar-refractivity contribution in [2.45, 2.75) is 70.2 Å². The molecule has 4 atom stereocenters. The highest BCUT2D eigenvalue weighted by atomic mass is 16.7. The molecule has 4 rings (SSSR count). The van der Waals surface area contributed by atoms with Crippen molar-refractivity contribution < 1.29 is 34.4 Å². The minimum atomic E-state index is -0.780. The van der Waals surface area contributed by atoms with Crippen LogP contribution in [0.3, 0.4) is 0 Å².